The van der Waals surface area contributed by atoms with Crippen molar-refractivity contribution in [3.05, 3.63) is 29.3 Å². The molecule has 1 aliphatic rings. The number of anilines is 1. The Bertz CT molecular complexity index is 776. The van der Waals surface area contributed by atoms with E-state index < -0.39 is 22.0 Å². The van der Waals surface area contributed by atoms with Gasteiger partial charge in [0.1, 0.15) is 0 Å². The van der Waals surface area contributed by atoms with Crippen molar-refractivity contribution < 1.29 is 18.0 Å². The van der Waals surface area contributed by atoms with Gasteiger partial charge in [0.25, 0.3) is 10.2 Å². The predicted molar refractivity (Wildman–Crippen MR) is 95.2 cm³/mol. The number of benzene rings is 1. The lowest BCUT2D eigenvalue weighted by Gasteiger charge is -2.32. The number of piperidine rings is 1. The fourth-order valence-electron chi connectivity index (χ4n) is 2.87. The number of carbonyl (C=O) groups excluding carboxylic acids is 2. The number of hydrogen-bond acceptors (Lipinski definition) is 4. The third-order valence-corrected chi connectivity index (χ3v) is 6.31. The monoisotopic (exact) mass is 368 g/mol. The highest BCUT2D eigenvalue weighted by Crippen LogP contribution is 2.24. The molecule has 25 heavy (non-hydrogen) atoms. The van der Waals surface area contributed by atoms with Crippen LogP contribution in [-0.2, 0) is 15.0 Å². The second-order valence-corrected chi connectivity index (χ2v) is 8.46. The molecule has 1 aromatic carbocycles. The van der Waals surface area contributed by atoms with Crippen molar-refractivity contribution in [2.75, 3.05) is 32.5 Å². The molecule has 1 aromatic rings. The molecular formula is C16H24N4O4S. The highest BCUT2D eigenvalue weighted by atomic mass is 32.2. The van der Waals surface area contributed by atoms with E-state index in [0.717, 1.165) is 4.31 Å². The van der Waals surface area contributed by atoms with Gasteiger partial charge in [-0.15, -0.1) is 0 Å². The van der Waals surface area contributed by atoms with Gasteiger partial charge in [-0.3, -0.25) is 9.59 Å². The number of nitrogens with zero attached hydrogens (tertiary/aromatic N) is 2. The number of nitrogens with two attached hydrogens (primary N) is 1. The van der Waals surface area contributed by atoms with Gasteiger partial charge >= 0.3 is 0 Å². The molecule has 138 valence electrons. The van der Waals surface area contributed by atoms with Crippen molar-refractivity contribution in [2.45, 2.75) is 19.8 Å². The first-order valence-corrected chi connectivity index (χ1v) is 9.42. The highest BCUT2D eigenvalue weighted by Gasteiger charge is 2.33. The number of primary amides is 1. The first-order valence-electron chi connectivity index (χ1n) is 8.02. The lowest BCUT2D eigenvalue weighted by atomic mass is 9.98. The molecule has 1 atom stereocenters. The molecule has 8 nitrogen and oxygen atoms in total. The summed E-state index contributed by atoms with van der Waals surface area (Å²) in [5.41, 5.74) is 6.77. The number of amides is 2. The van der Waals surface area contributed by atoms with Crippen LogP contribution in [0, 0.1) is 12.8 Å². The molecule has 2 rings (SSSR count). The summed E-state index contributed by atoms with van der Waals surface area (Å²) < 4.78 is 27.0. The molecule has 3 N–H and O–H groups in total. The fraction of sp³-hybridized carbons (Fsp3) is 0.500. The number of nitrogens with one attached hydrogen (secondary N) is 1. The summed E-state index contributed by atoms with van der Waals surface area (Å²) in [6.07, 6.45) is 1.23. The van der Waals surface area contributed by atoms with Gasteiger partial charge in [-0.25, -0.2) is 0 Å². The topological polar surface area (TPSA) is 113 Å². The molecule has 0 saturated carbocycles. The second-order valence-electron chi connectivity index (χ2n) is 6.32. The van der Waals surface area contributed by atoms with E-state index in [1.807, 2.05) is 0 Å². The van der Waals surface area contributed by atoms with Crippen molar-refractivity contribution in [3.8, 4) is 0 Å². The molecule has 2 amide bonds. The molecule has 1 heterocycles. The van der Waals surface area contributed by atoms with Crippen LogP contribution >= 0.6 is 0 Å². The maximum Gasteiger partial charge on any atom is 0.281 e. The average Bonchev–Trinajstić information content (AvgIpc) is 2.56. The summed E-state index contributed by atoms with van der Waals surface area (Å²) in [6, 6.07) is 4.93. The van der Waals surface area contributed by atoms with Crippen molar-refractivity contribution in [1.82, 2.24) is 8.61 Å². The molecule has 0 aliphatic carbocycles. The van der Waals surface area contributed by atoms with Crippen LogP contribution in [0.2, 0.25) is 0 Å². The molecule has 0 radical (unpaired) electrons. The standard InChI is InChI=1S/C16H24N4O4S/c1-11-13(15(17)21)7-4-8-14(11)18-16(22)12-6-5-9-20(10-12)25(23,24)19(2)3/h4,7-8,12H,5-6,9-10H2,1-3H3,(H2,17,21)(H,18,22)/t12-/m1/s1. The largest absolute Gasteiger partial charge is 0.366 e. The lowest BCUT2D eigenvalue weighted by Crippen LogP contribution is -2.47. The average molecular weight is 368 g/mol. The summed E-state index contributed by atoms with van der Waals surface area (Å²) in [4.78, 5) is 24.0. The van der Waals surface area contributed by atoms with Crippen LogP contribution < -0.4 is 11.1 Å². The Balaban J connectivity index is 2.14. The minimum Gasteiger partial charge on any atom is -0.366 e. The molecule has 0 unspecified atom stereocenters. The van der Waals surface area contributed by atoms with Gasteiger partial charge in [-0.1, -0.05) is 6.07 Å². The first-order chi connectivity index (χ1) is 11.6. The smallest absolute Gasteiger partial charge is 0.281 e. The quantitative estimate of drug-likeness (QED) is 0.790. The zero-order valence-corrected chi connectivity index (χ0v) is 15.5. The minimum absolute atomic E-state index is 0.140. The molecule has 0 spiro atoms. The zero-order chi connectivity index (χ0) is 18.8. The summed E-state index contributed by atoms with van der Waals surface area (Å²) in [7, 11) is -0.600. The van der Waals surface area contributed by atoms with Crippen LogP contribution in [0.3, 0.4) is 0 Å². The van der Waals surface area contributed by atoms with E-state index in [-0.39, 0.29) is 12.5 Å². The van der Waals surface area contributed by atoms with Crippen molar-refractivity contribution in [1.29, 1.82) is 0 Å². The Morgan fingerprint density at radius 2 is 2.00 bits per heavy atom. The first kappa shape index (κ1) is 19.4. The van der Waals surface area contributed by atoms with E-state index >= 15 is 0 Å². The van der Waals surface area contributed by atoms with Gasteiger partial charge in [0.15, 0.2) is 0 Å². The van der Waals surface area contributed by atoms with E-state index in [1.165, 1.54) is 18.4 Å². The Kier molecular flexibility index (Phi) is 5.81. The Labute approximate surface area is 148 Å². The van der Waals surface area contributed by atoms with Crippen LogP contribution in [0.5, 0.6) is 0 Å². The van der Waals surface area contributed by atoms with Crippen LogP contribution in [0.25, 0.3) is 0 Å². The lowest BCUT2D eigenvalue weighted by molar-refractivity contribution is -0.120. The summed E-state index contributed by atoms with van der Waals surface area (Å²) in [6.45, 7) is 2.25. The Morgan fingerprint density at radius 3 is 2.60 bits per heavy atom. The molecule has 9 heteroatoms. The molecule has 1 aliphatic heterocycles. The van der Waals surface area contributed by atoms with E-state index in [9.17, 15) is 18.0 Å². The van der Waals surface area contributed by atoms with Gasteiger partial charge < -0.3 is 11.1 Å². The normalized spacial score (nSPS) is 19.0. The maximum absolute atomic E-state index is 12.6. The number of hydrogen-bond donors (Lipinski definition) is 2. The van der Waals surface area contributed by atoms with Crippen LogP contribution in [0.15, 0.2) is 18.2 Å². The summed E-state index contributed by atoms with van der Waals surface area (Å²) >= 11 is 0. The predicted octanol–water partition coefficient (Wildman–Crippen LogP) is 0.551. The van der Waals surface area contributed by atoms with E-state index in [4.69, 9.17) is 5.73 Å². The van der Waals surface area contributed by atoms with Gasteiger partial charge in [-0.05, 0) is 37.5 Å². The van der Waals surface area contributed by atoms with Crippen molar-refractivity contribution in [3.63, 3.8) is 0 Å². The second kappa shape index (κ2) is 7.51. The van der Waals surface area contributed by atoms with Crippen LogP contribution in [0.4, 0.5) is 5.69 Å². The minimum atomic E-state index is -3.54. The van der Waals surface area contributed by atoms with Gasteiger partial charge in [0.2, 0.25) is 11.8 Å². The highest BCUT2D eigenvalue weighted by molar-refractivity contribution is 7.86. The Hall–Kier alpha value is -1.97. The number of rotatable bonds is 5. The van der Waals surface area contributed by atoms with Crippen LogP contribution in [-0.4, -0.2) is 56.0 Å². The zero-order valence-electron chi connectivity index (χ0n) is 14.7. The van der Waals surface area contributed by atoms with Crippen LogP contribution in [0.1, 0.15) is 28.8 Å². The van der Waals surface area contributed by atoms with E-state index in [1.54, 1.807) is 25.1 Å². The maximum atomic E-state index is 12.6. The summed E-state index contributed by atoms with van der Waals surface area (Å²) in [5, 5.41) is 2.79. The summed E-state index contributed by atoms with van der Waals surface area (Å²) in [5.74, 6) is -1.27. The van der Waals surface area contributed by atoms with Gasteiger partial charge in [0, 0.05) is 38.4 Å². The number of carbonyl (C=O) groups is 2. The van der Waals surface area contributed by atoms with Gasteiger partial charge in [-0.2, -0.15) is 17.0 Å². The molecule has 0 bridgehead atoms. The molecular weight excluding hydrogens is 344 g/mol. The van der Waals surface area contributed by atoms with Crippen molar-refractivity contribution >= 4 is 27.7 Å². The van der Waals surface area contributed by atoms with Crippen molar-refractivity contribution in [2.24, 2.45) is 11.7 Å². The molecule has 1 saturated heterocycles. The third-order valence-electron chi connectivity index (χ3n) is 4.40. The van der Waals surface area contributed by atoms with E-state index in [2.05, 4.69) is 5.32 Å². The Morgan fingerprint density at radius 1 is 1.32 bits per heavy atom. The van der Waals surface area contributed by atoms with Gasteiger partial charge in [0.05, 0.1) is 5.92 Å². The fourth-order valence-corrected chi connectivity index (χ4v) is 4.06. The van der Waals surface area contributed by atoms with E-state index in [0.29, 0.717) is 36.2 Å². The molecule has 0 aromatic heterocycles. The SMILES string of the molecule is Cc1c(NC(=O)[C@@H]2CCCN(S(=O)(=O)N(C)C)C2)cccc1C(N)=O. The third kappa shape index (κ3) is 4.17. The molecule has 1 fully saturated rings.